The molecule has 3 aromatic rings. The van der Waals surface area contributed by atoms with Crippen molar-refractivity contribution in [2.45, 2.75) is 25.5 Å². The van der Waals surface area contributed by atoms with Crippen LogP contribution in [0, 0.1) is 11.3 Å². The average Bonchev–Trinajstić information content (AvgIpc) is 2.87. The normalized spacial score (nSPS) is 18.0. The Labute approximate surface area is 190 Å². The van der Waals surface area contributed by atoms with Crippen LogP contribution in [0.1, 0.15) is 45.2 Å². The summed E-state index contributed by atoms with van der Waals surface area (Å²) in [6.07, 6.45) is 1.37. The molecule has 33 heavy (non-hydrogen) atoms. The zero-order chi connectivity index (χ0) is 23.4. The van der Waals surface area contributed by atoms with Crippen LogP contribution >= 0.6 is 0 Å². The number of amides is 1. The number of aromatic nitrogens is 1. The smallest absolute Gasteiger partial charge is 0.251 e. The number of ether oxygens (including phenoxy) is 1. The number of hydrogen-bond donors (Lipinski definition) is 1. The fraction of sp³-hybridized carbons (Fsp3) is 0.192. The Bertz CT molecular complexity index is 1270. The molecule has 0 aliphatic carbocycles. The molecule has 1 unspecified atom stereocenters. The van der Waals surface area contributed by atoms with Gasteiger partial charge in [0.2, 0.25) is 0 Å². The molecule has 1 aliphatic heterocycles. The maximum atomic E-state index is 14.7. The van der Waals surface area contributed by atoms with E-state index in [4.69, 9.17) is 4.74 Å². The Hall–Kier alpha value is -3.89. The molecule has 2 heterocycles. The SMILES string of the molecule is CC1(C#N)COCc2ccc(C(=O)NCc3cc(/C(F)=C(\F)c4ccccc4)ccn3)cc21. The standard InChI is InChI=1S/C26H21F2N3O2/c1-26(15-29)16-33-14-20-8-7-19(12-22(20)26)25(32)31-13-21-11-18(9-10-30-21)24(28)23(27)17-5-3-2-4-6-17/h2-12H,13-14,16H2,1H3,(H,31,32)/b24-23+. The van der Waals surface area contributed by atoms with Gasteiger partial charge in [-0.25, -0.2) is 8.78 Å². The number of nitrogens with zero attached hydrogens (tertiary/aromatic N) is 2. The van der Waals surface area contributed by atoms with Gasteiger partial charge in [0, 0.05) is 22.9 Å². The summed E-state index contributed by atoms with van der Waals surface area (Å²) in [7, 11) is 0. The highest BCUT2D eigenvalue weighted by atomic mass is 19.2. The molecule has 0 bridgehead atoms. The van der Waals surface area contributed by atoms with Crippen molar-refractivity contribution >= 4 is 17.6 Å². The van der Waals surface area contributed by atoms with Crippen molar-refractivity contribution in [2.24, 2.45) is 0 Å². The summed E-state index contributed by atoms with van der Waals surface area (Å²) < 4.78 is 34.7. The predicted octanol–water partition coefficient (Wildman–Crippen LogP) is 5.09. The van der Waals surface area contributed by atoms with Gasteiger partial charge >= 0.3 is 0 Å². The van der Waals surface area contributed by atoms with E-state index in [0.29, 0.717) is 17.9 Å². The lowest BCUT2D eigenvalue weighted by Gasteiger charge is -2.30. The first-order valence-corrected chi connectivity index (χ1v) is 10.4. The van der Waals surface area contributed by atoms with Gasteiger partial charge in [0.15, 0.2) is 11.7 Å². The van der Waals surface area contributed by atoms with Crippen molar-refractivity contribution in [3.8, 4) is 6.07 Å². The number of benzene rings is 2. The summed E-state index contributed by atoms with van der Waals surface area (Å²) in [5.41, 5.74) is 1.77. The second kappa shape index (κ2) is 9.31. The lowest BCUT2D eigenvalue weighted by atomic mass is 9.79. The predicted molar refractivity (Wildman–Crippen MR) is 120 cm³/mol. The minimum atomic E-state index is -0.996. The van der Waals surface area contributed by atoms with E-state index in [2.05, 4.69) is 16.4 Å². The number of rotatable bonds is 5. The summed E-state index contributed by atoms with van der Waals surface area (Å²) in [6, 6.07) is 18.1. The molecule has 2 aromatic carbocycles. The fourth-order valence-electron chi connectivity index (χ4n) is 3.71. The summed E-state index contributed by atoms with van der Waals surface area (Å²) in [6.45, 7) is 2.46. The molecule has 4 rings (SSSR count). The average molecular weight is 445 g/mol. The Balaban J connectivity index is 1.50. The maximum absolute atomic E-state index is 14.7. The van der Waals surface area contributed by atoms with E-state index in [1.807, 2.05) is 0 Å². The molecule has 0 spiro atoms. The topological polar surface area (TPSA) is 75.0 Å². The van der Waals surface area contributed by atoms with Crippen LogP contribution in [0.15, 0.2) is 66.9 Å². The van der Waals surface area contributed by atoms with E-state index < -0.39 is 17.1 Å². The van der Waals surface area contributed by atoms with E-state index in [-0.39, 0.29) is 30.2 Å². The van der Waals surface area contributed by atoms with Gasteiger partial charge in [-0.3, -0.25) is 9.78 Å². The Morgan fingerprint density at radius 2 is 1.85 bits per heavy atom. The molecule has 1 amide bonds. The molecular formula is C26H21F2N3O2. The van der Waals surface area contributed by atoms with Crippen molar-refractivity contribution in [1.29, 1.82) is 5.26 Å². The van der Waals surface area contributed by atoms with Gasteiger partial charge in [-0.1, -0.05) is 36.4 Å². The quantitative estimate of drug-likeness (QED) is 0.594. The van der Waals surface area contributed by atoms with Gasteiger partial charge < -0.3 is 10.1 Å². The minimum absolute atomic E-state index is 0.0304. The number of pyridine rings is 1. The van der Waals surface area contributed by atoms with Crippen LogP contribution in [-0.4, -0.2) is 17.5 Å². The zero-order valence-electron chi connectivity index (χ0n) is 17.9. The van der Waals surface area contributed by atoms with Crippen LogP contribution in [-0.2, 0) is 23.3 Å². The number of nitriles is 1. The van der Waals surface area contributed by atoms with E-state index in [1.165, 1.54) is 30.5 Å². The lowest BCUT2D eigenvalue weighted by Crippen LogP contribution is -2.33. The summed E-state index contributed by atoms with van der Waals surface area (Å²) in [5.74, 6) is -2.32. The second-order valence-electron chi connectivity index (χ2n) is 8.02. The molecule has 0 radical (unpaired) electrons. The van der Waals surface area contributed by atoms with E-state index in [1.54, 1.807) is 43.3 Å². The van der Waals surface area contributed by atoms with Gasteiger partial charge in [-0.2, -0.15) is 5.26 Å². The van der Waals surface area contributed by atoms with Gasteiger partial charge in [0.05, 0.1) is 31.5 Å². The van der Waals surface area contributed by atoms with Crippen molar-refractivity contribution in [1.82, 2.24) is 10.3 Å². The van der Waals surface area contributed by atoms with Crippen molar-refractivity contribution in [3.05, 3.63) is 100 Å². The molecule has 1 atom stereocenters. The molecule has 1 aromatic heterocycles. The number of carbonyl (C=O) groups is 1. The number of nitrogens with one attached hydrogen (secondary N) is 1. The summed E-state index contributed by atoms with van der Waals surface area (Å²) in [4.78, 5) is 16.9. The van der Waals surface area contributed by atoms with Crippen LogP contribution in [0.25, 0.3) is 11.7 Å². The minimum Gasteiger partial charge on any atom is -0.375 e. The molecule has 1 N–H and O–H groups in total. The fourth-order valence-corrected chi connectivity index (χ4v) is 3.71. The van der Waals surface area contributed by atoms with Crippen LogP contribution in [0.2, 0.25) is 0 Å². The first kappa shape index (κ1) is 22.3. The third-order valence-corrected chi connectivity index (χ3v) is 5.58. The third kappa shape index (κ3) is 4.66. The van der Waals surface area contributed by atoms with Gasteiger partial charge in [0.25, 0.3) is 5.91 Å². The molecule has 0 saturated carbocycles. The van der Waals surface area contributed by atoms with Crippen LogP contribution in [0.3, 0.4) is 0 Å². The largest absolute Gasteiger partial charge is 0.375 e. The highest BCUT2D eigenvalue weighted by Crippen LogP contribution is 2.32. The molecule has 166 valence electrons. The Kier molecular flexibility index (Phi) is 6.29. The van der Waals surface area contributed by atoms with Gasteiger partial charge in [-0.05, 0) is 42.3 Å². The van der Waals surface area contributed by atoms with Gasteiger partial charge in [0.1, 0.15) is 5.41 Å². The molecule has 0 saturated heterocycles. The summed E-state index contributed by atoms with van der Waals surface area (Å²) >= 11 is 0. The first-order valence-electron chi connectivity index (χ1n) is 10.4. The van der Waals surface area contributed by atoms with E-state index >= 15 is 0 Å². The third-order valence-electron chi connectivity index (χ3n) is 5.58. The summed E-state index contributed by atoms with van der Waals surface area (Å²) in [5, 5.41) is 12.3. The monoisotopic (exact) mass is 445 g/mol. The lowest BCUT2D eigenvalue weighted by molar-refractivity contribution is 0.0757. The Morgan fingerprint density at radius 3 is 2.61 bits per heavy atom. The number of fused-ring (bicyclic) bond motifs is 1. The highest BCUT2D eigenvalue weighted by molar-refractivity contribution is 5.94. The van der Waals surface area contributed by atoms with E-state index in [0.717, 1.165) is 11.1 Å². The van der Waals surface area contributed by atoms with Crippen molar-refractivity contribution < 1.29 is 18.3 Å². The van der Waals surface area contributed by atoms with Crippen molar-refractivity contribution in [2.75, 3.05) is 6.61 Å². The molecular weight excluding hydrogens is 424 g/mol. The number of carbonyl (C=O) groups excluding carboxylic acids is 1. The second-order valence-corrected chi connectivity index (χ2v) is 8.02. The number of halogens is 2. The number of hydrogen-bond acceptors (Lipinski definition) is 4. The van der Waals surface area contributed by atoms with Crippen LogP contribution < -0.4 is 5.32 Å². The molecule has 7 heteroatoms. The molecule has 0 fully saturated rings. The zero-order valence-corrected chi connectivity index (χ0v) is 17.9. The molecule has 1 aliphatic rings. The molecule has 5 nitrogen and oxygen atoms in total. The van der Waals surface area contributed by atoms with E-state index in [9.17, 15) is 18.8 Å². The maximum Gasteiger partial charge on any atom is 0.251 e. The van der Waals surface area contributed by atoms with Crippen molar-refractivity contribution in [3.63, 3.8) is 0 Å². The Morgan fingerprint density at radius 1 is 1.09 bits per heavy atom. The van der Waals surface area contributed by atoms with Crippen LogP contribution in [0.5, 0.6) is 0 Å². The van der Waals surface area contributed by atoms with Gasteiger partial charge in [-0.15, -0.1) is 0 Å². The van der Waals surface area contributed by atoms with Crippen LogP contribution in [0.4, 0.5) is 8.78 Å². The first-order chi connectivity index (χ1) is 15.9. The highest BCUT2D eigenvalue weighted by Gasteiger charge is 2.33.